The van der Waals surface area contributed by atoms with Crippen LogP contribution in [0.2, 0.25) is 0 Å². The summed E-state index contributed by atoms with van der Waals surface area (Å²) in [6.45, 7) is 3.11. The molecule has 1 saturated carbocycles. The van der Waals surface area contributed by atoms with Crippen LogP contribution in [0.25, 0.3) is 0 Å². The Morgan fingerprint density at radius 2 is 2.29 bits per heavy atom. The highest BCUT2D eigenvalue weighted by atomic mass is 32.1. The maximum absolute atomic E-state index is 11.4. The van der Waals surface area contributed by atoms with Gasteiger partial charge >= 0.3 is 5.97 Å². The minimum Gasteiger partial charge on any atom is -0.477 e. The van der Waals surface area contributed by atoms with Crippen molar-refractivity contribution in [2.45, 2.75) is 38.1 Å². The van der Waals surface area contributed by atoms with E-state index in [1.54, 1.807) is 0 Å². The van der Waals surface area contributed by atoms with Crippen LogP contribution in [0.4, 0.5) is 5.13 Å². The molecule has 4 rings (SSSR count). The maximum Gasteiger partial charge on any atom is 0.347 e. The number of carbonyl (C=O) groups is 1. The number of hydrogen-bond acceptors (Lipinski definition) is 5. The number of rotatable bonds is 3. The molecule has 1 atom stereocenters. The van der Waals surface area contributed by atoms with Gasteiger partial charge in [0.1, 0.15) is 4.88 Å². The summed E-state index contributed by atoms with van der Waals surface area (Å²) in [5.41, 5.74) is 2.18. The van der Waals surface area contributed by atoms with Crippen molar-refractivity contribution in [3.8, 4) is 0 Å². The van der Waals surface area contributed by atoms with Crippen molar-refractivity contribution in [2.24, 2.45) is 0 Å². The van der Waals surface area contributed by atoms with E-state index >= 15 is 0 Å². The van der Waals surface area contributed by atoms with Crippen molar-refractivity contribution in [1.82, 2.24) is 4.98 Å². The summed E-state index contributed by atoms with van der Waals surface area (Å²) in [5, 5.41) is 12.4. The fourth-order valence-electron chi connectivity index (χ4n) is 3.00. The molecule has 0 spiro atoms. The van der Waals surface area contributed by atoms with Crippen molar-refractivity contribution in [3.05, 3.63) is 32.5 Å². The first-order chi connectivity index (χ1) is 10.1. The Morgan fingerprint density at radius 3 is 3.00 bits per heavy atom. The molecule has 1 fully saturated rings. The number of nitrogens with zero attached hydrogens (tertiary/aromatic N) is 2. The van der Waals surface area contributed by atoms with Crippen molar-refractivity contribution >= 4 is 33.8 Å². The zero-order chi connectivity index (χ0) is 14.6. The second kappa shape index (κ2) is 4.81. The van der Waals surface area contributed by atoms with Crippen LogP contribution in [-0.4, -0.2) is 22.6 Å². The largest absolute Gasteiger partial charge is 0.477 e. The van der Waals surface area contributed by atoms with Crippen molar-refractivity contribution in [3.63, 3.8) is 0 Å². The van der Waals surface area contributed by atoms with Crippen LogP contribution >= 0.6 is 22.7 Å². The van der Waals surface area contributed by atoms with Crippen LogP contribution in [0, 0.1) is 0 Å². The normalized spacial score (nSPS) is 21.4. The van der Waals surface area contributed by atoms with E-state index in [-0.39, 0.29) is 6.04 Å². The Hall–Kier alpha value is -1.40. The van der Waals surface area contributed by atoms with E-state index < -0.39 is 5.97 Å². The highest BCUT2D eigenvalue weighted by Gasteiger charge is 2.34. The van der Waals surface area contributed by atoms with Gasteiger partial charge < -0.3 is 10.0 Å². The van der Waals surface area contributed by atoms with Gasteiger partial charge in [-0.3, -0.25) is 0 Å². The molecule has 0 amide bonds. The fourth-order valence-corrected chi connectivity index (χ4v) is 5.06. The molecular formula is C15H16N2O2S2. The van der Waals surface area contributed by atoms with E-state index in [1.165, 1.54) is 21.8 Å². The molecule has 2 aliphatic rings. The average molecular weight is 320 g/mol. The predicted octanol–water partition coefficient (Wildman–Crippen LogP) is 3.90. The first-order valence-corrected chi connectivity index (χ1v) is 8.91. The van der Waals surface area contributed by atoms with Gasteiger partial charge in [-0.1, -0.05) is 11.3 Å². The van der Waals surface area contributed by atoms with Gasteiger partial charge in [0, 0.05) is 17.3 Å². The summed E-state index contributed by atoms with van der Waals surface area (Å²) in [7, 11) is 0. The van der Waals surface area contributed by atoms with Gasteiger partial charge in [-0.05, 0) is 43.2 Å². The van der Waals surface area contributed by atoms with Gasteiger partial charge in [-0.2, -0.15) is 0 Å². The molecule has 1 N–H and O–H groups in total. The Kier molecular flexibility index (Phi) is 3.04. The standard InChI is InChI=1S/C15H16N2O2S2/c1-8-10-5-7-20-11(10)4-6-17(8)15-16-12(9-2-3-9)13(21-15)14(18)19/h5,7-9H,2-4,6H2,1H3,(H,18,19). The van der Waals surface area contributed by atoms with Crippen LogP contribution in [0.3, 0.4) is 0 Å². The molecule has 6 heteroatoms. The number of anilines is 1. The lowest BCUT2D eigenvalue weighted by molar-refractivity contribution is 0.0700. The van der Waals surface area contributed by atoms with Crippen LogP contribution in [-0.2, 0) is 6.42 Å². The van der Waals surface area contributed by atoms with E-state index in [4.69, 9.17) is 4.98 Å². The Labute approximate surface area is 131 Å². The summed E-state index contributed by atoms with van der Waals surface area (Å²) in [4.78, 5) is 20.3. The minimum atomic E-state index is -0.832. The first kappa shape index (κ1) is 13.3. The Morgan fingerprint density at radius 1 is 1.48 bits per heavy atom. The Bertz CT molecular complexity index is 702. The fraction of sp³-hybridized carbons (Fsp3) is 0.467. The van der Waals surface area contributed by atoms with Gasteiger partial charge in [0.05, 0.1) is 11.7 Å². The number of aromatic nitrogens is 1. The highest BCUT2D eigenvalue weighted by molar-refractivity contribution is 7.17. The molecule has 4 nitrogen and oxygen atoms in total. The molecule has 0 saturated heterocycles. The lowest BCUT2D eigenvalue weighted by Gasteiger charge is -2.33. The molecule has 110 valence electrons. The molecule has 1 unspecified atom stereocenters. The number of thiazole rings is 1. The highest BCUT2D eigenvalue weighted by Crippen LogP contribution is 2.46. The molecule has 1 aliphatic heterocycles. The SMILES string of the molecule is CC1c2ccsc2CCN1c1nc(C2CC2)c(C(=O)O)s1. The van der Waals surface area contributed by atoms with Gasteiger partial charge in [-0.25, -0.2) is 9.78 Å². The van der Waals surface area contributed by atoms with E-state index in [0.29, 0.717) is 10.8 Å². The molecule has 2 aromatic rings. The van der Waals surface area contributed by atoms with E-state index in [2.05, 4.69) is 23.3 Å². The third-order valence-corrected chi connectivity index (χ3v) is 6.42. The van der Waals surface area contributed by atoms with Crippen molar-refractivity contribution in [1.29, 1.82) is 0 Å². The monoisotopic (exact) mass is 320 g/mol. The third-order valence-electron chi connectivity index (χ3n) is 4.32. The molecule has 1 aliphatic carbocycles. The van der Waals surface area contributed by atoms with Gasteiger partial charge in [0.2, 0.25) is 0 Å². The molecule has 0 bridgehead atoms. The van der Waals surface area contributed by atoms with E-state index in [9.17, 15) is 9.90 Å². The topological polar surface area (TPSA) is 53.4 Å². The first-order valence-electron chi connectivity index (χ1n) is 7.22. The number of aromatic carboxylic acids is 1. The lowest BCUT2D eigenvalue weighted by Crippen LogP contribution is -2.32. The molecular weight excluding hydrogens is 304 g/mol. The average Bonchev–Trinajstić information content (AvgIpc) is 3.02. The summed E-state index contributed by atoms with van der Waals surface area (Å²) >= 11 is 3.16. The van der Waals surface area contributed by atoms with Crippen LogP contribution in [0.5, 0.6) is 0 Å². The van der Waals surface area contributed by atoms with Crippen molar-refractivity contribution < 1.29 is 9.90 Å². The van der Waals surface area contributed by atoms with Crippen molar-refractivity contribution in [2.75, 3.05) is 11.4 Å². The molecule has 0 aromatic carbocycles. The zero-order valence-corrected chi connectivity index (χ0v) is 13.3. The number of carboxylic acid groups (broad SMARTS) is 1. The number of fused-ring (bicyclic) bond motifs is 1. The number of hydrogen-bond donors (Lipinski definition) is 1. The predicted molar refractivity (Wildman–Crippen MR) is 84.8 cm³/mol. The minimum absolute atomic E-state index is 0.278. The smallest absolute Gasteiger partial charge is 0.347 e. The second-order valence-corrected chi connectivity index (χ2v) is 7.69. The number of thiophene rings is 1. The molecule has 21 heavy (non-hydrogen) atoms. The number of carboxylic acids is 1. The van der Waals surface area contributed by atoms with Crippen LogP contribution < -0.4 is 4.90 Å². The lowest BCUT2D eigenvalue weighted by atomic mass is 10.0. The third kappa shape index (κ3) is 2.17. The van der Waals surface area contributed by atoms with E-state index in [1.807, 2.05) is 11.3 Å². The molecule has 2 aromatic heterocycles. The summed E-state index contributed by atoms with van der Waals surface area (Å²) in [6.07, 6.45) is 3.18. The summed E-state index contributed by atoms with van der Waals surface area (Å²) in [6, 6.07) is 2.46. The van der Waals surface area contributed by atoms with Crippen LogP contribution in [0.15, 0.2) is 11.4 Å². The summed E-state index contributed by atoms with van der Waals surface area (Å²) < 4.78 is 0. The molecule has 3 heterocycles. The Balaban J connectivity index is 1.71. The quantitative estimate of drug-likeness (QED) is 0.932. The zero-order valence-electron chi connectivity index (χ0n) is 11.7. The second-order valence-electron chi connectivity index (χ2n) is 5.71. The molecule has 0 radical (unpaired) electrons. The van der Waals surface area contributed by atoms with Gasteiger partial charge in [0.25, 0.3) is 0 Å². The summed E-state index contributed by atoms with van der Waals surface area (Å²) in [5.74, 6) is -0.459. The van der Waals surface area contributed by atoms with Crippen LogP contribution in [0.1, 0.15) is 57.5 Å². The van der Waals surface area contributed by atoms with E-state index in [0.717, 1.165) is 36.6 Å². The van der Waals surface area contributed by atoms with Gasteiger partial charge in [-0.15, -0.1) is 11.3 Å². The van der Waals surface area contributed by atoms with Gasteiger partial charge in [0.15, 0.2) is 5.13 Å². The maximum atomic E-state index is 11.4.